The molecule has 0 radical (unpaired) electrons. The minimum atomic E-state index is -3.88. The number of hydrogen-bond donors (Lipinski definition) is 3. The smallest absolute Gasteiger partial charge is 0.265 e. The lowest BCUT2D eigenvalue weighted by molar-refractivity contribution is -0.117. The molecule has 0 saturated carbocycles. The number of amides is 2. The maximum Gasteiger partial charge on any atom is 0.265 e. The Balaban J connectivity index is 0.000000193. The highest BCUT2D eigenvalue weighted by Gasteiger charge is 2.45. The van der Waals surface area contributed by atoms with Crippen LogP contribution in [0.2, 0.25) is 0 Å². The fourth-order valence-electron chi connectivity index (χ4n) is 3.61. The molecule has 0 unspecified atom stereocenters. The van der Waals surface area contributed by atoms with Crippen molar-refractivity contribution in [1.82, 2.24) is 4.72 Å². The summed E-state index contributed by atoms with van der Waals surface area (Å²) in [5.41, 5.74) is 2.02. The predicted octanol–water partition coefficient (Wildman–Crippen LogP) is 4.94. The SMILES string of the molecule is O=C1Nc2ccc(S(=O)(=O)Cl)cc2C1(Cl)Cl.O=C1Nc2ccc(S(=O)(=O)NCc3ccccc3)cc2C1(Cl)Cl. The van der Waals surface area contributed by atoms with Gasteiger partial charge in [-0.05, 0) is 42.0 Å². The monoisotopic (exact) mass is 669 g/mol. The van der Waals surface area contributed by atoms with Crippen molar-refractivity contribution in [3.05, 3.63) is 83.4 Å². The lowest BCUT2D eigenvalue weighted by atomic mass is 10.1. The van der Waals surface area contributed by atoms with E-state index < -0.39 is 39.6 Å². The normalized spacial score (nSPS) is 16.8. The Bertz CT molecular complexity index is 1700. The fourth-order valence-corrected chi connectivity index (χ4v) is 6.24. The number of anilines is 2. The molecular formula is C23H16Cl5N3O6S2. The van der Waals surface area contributed by atoms with E-state index in [0.29, 0.717) is 11.4 Å². The second kappa shape index (κ2) is 10.7. The number of carbonyl (C=O) groups is 2. The van der Waals surface area contributed by atoms with Crippen molar-refractivity contribution in [1.29, 1.82) is 0 Å². The Morgan fingerprint density at radius 2 is 1.15 bits per heavy atom. The molecule has 3 aromatic rings. The number of carbonyl (C=O) groups excluding carboxylic acids is 2. The summed E-state index contributed by atoms with van der Waals surface area (Å²) >= 11 is 23.5. The zero-order valence-corrected chi connectivity index (χ0v) is 24.6. The van der Waals surface area contributed by atoms with Crippen molar-refractivity contribution in [2.45, 2.75) is 25.0 Å². The number of halogens is 5. The van der Waals surface area contributed by atoms with Gasteiger partial charge in [0.15, 0.2) is 0 Å². The van der Waals surface area contributed by atoms with E-state index in [2.05, 4.69) is 15.4 Å². The molecule has 206 valence electrons. The number of hydrogen-bond acceptors (Lipinski definition) is 6. The molecule has 2 heterocycles. The van der Waals surface area contributed by atoms with Crippen LogP contribution < -0.4 is 15.4 Å². The van der Waals surface area contributed by atoms with Crippen LogP contribution in [0.3, 0.4) is 0 Å². The van der Waals surface area contributed by atoms with Gasteiger partial charge >= 0.3 is 0 Å². The van der Waals surface area contributed by atoms with Gasteiger partial charge < -0.3 is 10.6 Å². The number of alkyl halides is 4. The van der Waals surface area contributed by atoms with Crippen molar-refractivity contribution >= 4 is 99.3 Å². The zero-order chi connectivity index (χ0) is 28.8. The number of rotatable bonds is 5. The van der Waals surface area contributed by atoms with Gasteiger partial charge in [0.2, 0.25) is 18.7 Å². The Morgan fingerprint density at radius 3 is 1.64 bits per heavy atom. The van der Waals surface area contributed by atoms with E-state index in [4.69, 9.17) is 57.1 Å². The third-order valence-corrected chi connectivity index (χ3v) is 9.88. The van der Waals surface area contributed by atoms with Crippen LogP contribution in [0, 0.1) is 0 Å². The minimum Gasteiger partial charge on any atom is -0.323 e. The van der Waals surface area contributed by atoms with E-state index >= 15 is 0 Å². The summed E-state index contributed by atoms with van der Waals surface area (Å²) in [7, 11) is -2.46. The fraction of sp³-hybridized carbons (Fsp3) is 0.130. The Morgan fingerprint density at radius 1 is 0.692 bits per heavy atom. The van der Waals surface area contributed by atoms with Gasteiger partial charge in [-0.3, -0.25) is 9.59 Å². The van der Waals surface area contributed by atoms with Crippen molar-refractivity contribution in [2.24, 2.45) is 0 Å². The molecular weight excluding hydrogens is 656 g/mol. The molecule has 3 aromatic carbocycles. The van der Waals surface area contributed by atoms with Gasteiger partial charge in [0, 0.05) is 39.7 Å². The standard InChI is InChI=1S/C15H12Cl2N2O3S.C8H4Cl3NO3S/c16-15(17)12-8-11(6-7-13(12)19-14(15)20)23(21,22)18-9-10-4-2-1-3-5-10;9-8(10)5-3-4(16(11,14)15)1-2-6(5)12-7(8)13/h1-8,18H,9H2,(H,19,20);1-3H,(H,12,13). The molecule has 0 atom stereocenters. The van der Waals surface area contributed by atoms with Crippen molar-refractivity contribution < 1.29 is 26.4 Å². The summed E-state index contributed by atoms with van der Waals surface area (Å²) in [6, 6.07) is 17.1. The Kier molecular flexibility index (Phi) is 8.21. The summed E-state index contributed by atoms with van der Waals surface area (Å²) in [5.74, 6) is -1.21. The maximum absolute atomic E-state index is 12.4. The lowest BCUT2D eigenvalue weighted by Crippen LogP contribution is -2.24. The van der Waals surface area contributed by atoms with Crippen LogP contribution in [0.5, 0.6) is 0 Å². The molecule has 0 spiro atoms. The number of fused-ring (bicyclic) bond motifs is 2. The molecule has 0 bridgehead atoms. The first kappa shape index (κ1) is 29.9. The summed E-state index contributed by atoms with van der Waals surface area (Å²) in [6.07, 6.45) is 0. The largest absolute Gasteiger partial charge is 0.323 e. The van der Waals surface area contributed by atoms with Crippen LogP contribution in [-0.2, 0) is 43.9 Å². The average molecular weight is 672 g/mol. The summed E-state index contributed by atoms with van der Waals surface area (Å²) < 4.78 is 45.9. The van der Waals surface area contributed by atoms with Crippen LogP contribution in [0.4, 0.5) is 11.4 Å². The summed E-state index contributed by atoms with van der Waals surface area (Å²) in [6.45, 7) is 0.157. The maximum atomic E-state index is 12.4. The van der Waals surface area contributed by atoms with E-state index in [1.807, 2.05) is 30.3 Å². The zero-order valence-electron chi connectivity index (χ0n) is 19.2. The lowest BCUT2D eigenvalue weighted by Gasteiger charge is -2.12. The number of benzene rings is 3. The molecule has 2 aliphatic heterocycles. The third kappa shape index (κ3) is 6.15. The molecule has 2 amide bonds. The third-order valence-electron chi connectivity index (χ3n) is 5.63. The van der Waals surface area contributed by atoms with E-state index in [1.54, 1.807) is 0 Å². The van der Waals surface area contributed by atoms with E-state index in [0.717, 1.165) is 5.56 Å². The van der Waals surface area contributed by atoms with Gasteiger partial charge in [-0.1, -0.05) is 76.7 Å². The molecule has 0 fully saturated rings. The first-order valence-corrected chi connectivity index (χ1v) is 16.0. The van der Waals surface area contributed by atoms with Crippen LogP contribution in [0.15, 0.2) is 76.5 Å². The van der Waals surface area contributed by atoms with Crippen molar-refractivity contribution in [2.75, 3.05) is 10.6 Å². The van der Waals surface area contributed by atoms with Crippen molar-refractivity contribution in [3.8, 4) is 0 Å². The molecule has 0 saturated heterocycles. The Labute approximate surface area is 248 Å². The van der Waals surface area contributed by atoms with Crippen LogP contribution >= 0.6 is 57.1 Å². The molecule has 3 N–H and O–H groups in total. The second-order valence-electron chi connectivity index (χ2n) is 8.22. The van der Waals surface area contributed by atoms with E-state index in [-0.39, 0.29) is 27.5 Å². The molecule has 0 aliphatic carbocycles. The van der Waals surface area contributed by atoms with Gasteiger partial charge in [-0.2, -0.15) is 0 Å². The molecule has 9 nitrogen and oxygen atoms in total. The first-order chi connectivity index (χ1) is 18.0. The highest BCUT2D eigenvalue weighted by Crippen LogP contribution is 2.46. The number of nitrogens with one attached hydrogen (secondary N) is 3. The van der Waals surface area contributed by atoms with Gasteiger partial charge in [0.05, 0.1) is 9.79 Å². The number of sulfonamides is 1. The molecule has 16 heteroatoms. The Hall–Kier alpha value is -2.09. The van der Waals surface area contributed by atoms with Gasteiger partial charge in [0.25, 0.3) is 20.9 Å². The van der Waals surface area contributed by atoms with Gasteiger partial charge in [-0.15, -0.1) is 0 Å². The summed E-state index contributed by atoms with van der Waals surface area (Å²) in [5, 5.41) is 4.93. The van der Waals surface area contributed by atoms with E-state index in [9.17, 15) is 26.4 Å². The first-order valence-electron chi connectivity index (χ1n) is 10.7. The van der Waals surface area contributed by atoms with Gasteiger partial charge in [0.1, 0.15) is 0 Å². The quantitative estimate of drug-likeness (QED) is 0.260. The molecule has 5 rings (SSSR count). The van der Waals surface area contributed by atoms with Crippen LogP contribution in [0.25, 0.3) is 0 Å². The van der Waals surface area contributed by atoms with Gasteiger partial charge in [-0.25, -0.2) is 21.6 Å². The molecule has 2 aliphatic rings. The minimum absolute atomic E-state index is 0.00523. The average Bonchev–Trinajstić information content (AvgIpc) is 3.24. The van der Waals surface area contributed by atoms with E-state index in [1.165, 1.54) is 36.4 Å². The molecule has 39 heavy (non-hydrogen) atoms. The topological polar surface area (TPSA) is 139 Å². The second-order valence-corrected chi connectivity index (χ2v) is 15.2. The highest BCUT2D eigenvalue weighted by atomic mass is 35.7. The summed E-state index contributed by atoms with van der Waals surface area (Å²) in [4.78, 5) is 22.9. The molecule has 0 aromatic heterocycles. The van der Waals surface area contributed by atoms with Crippen molar-refractivity contribution in [3.63, 3.8) is 0 Å². The van der Waals surface area contributed by atoms with Crippen LogP contribution in [-0.4, -0.2) is 28.6 Å². The predicted molar refractivity (Wildman–Crippen MR) is 150 cm³/mol. The van der Waals surface area contributed by atoms with Crippen LogP contribution in [0.1, 0.15) is 16.7 Å². The highest BCUT2D eigenvalue weighted by molar-refractivity contribution is 8.13.